The second kappa shape index (κ2) is 16.1. The van der Waals surface area contributed by atoms with Crippen LogP contribution in [0.1, 0.15) is 42.5 Å². The van der Waals surface area contributed by atoms with Crippen molar-refractivity contribution in [2.45, 2.75) is 63.3 Å². The first-order valence-electron chi connectivity index (χ1n) is 15.4. The molecule has 0 saturated carbocycles. The highest BCUT2D eigenvalue weighted by Crippen LogP contribution is 2.34. The van der Waals surface area contributed by atoms with Crippen molar-refractivity contribution in [1.82, 2.24) is 10.2 Å². The summed E-state index contributed by atoms with van der Waals surface area (Å²) in [7, 11) is -4.60. The van der Waals surface area contributed by atoms with E-state index in [2.05, 4.69) is 5.32 Å². The van der Waals surface area contributed by atoms with Crippen LogP contribution in [0.25, 0.3) is 0 Å². The van der Waals surface area contributed by atoms with Crippen molar-refractivity contribution in [3.63, 3.8) is 0 Å². The Morgan fingerprint density at radius 2 is 1.53 bits per heavy atom. The van der Waals surface area contributed by atoms with Gasteiger partial charge in [0.1, 0.15) is 12.6 Å². The van der Waals surface area contributed by atoms with Gasteiger partial charge in [0.25, 0.3) is 10.0 Å². The van der Waals surface area contributed by atoms with Crippen molar-refractivity contribution in [3.05, 3.63) is 129 Å². The lowest BCUT2D eigenvalue weighted by Gasteiger charge is -2.34. The molecule has 0 aromatic heterocycles. The third-order valence-corrected chi connectivity index (χ3v) is 10.5. The highest BCUT2D eigenvalue weighted by Gasteiger charge is 2.36. The molecule has 0 aliphatic rings. The van der Waals surface area contributed by atoms with Crippen LogP contribution < -0.4 is 9.62 Å². The van der Waals surface area contributed by atoms with E-state index in [-0.39, 0.29) is 39.6 Å². The third-order valence-electron chi connectivity index (χ3n) is 7.96. The summed E-state index contributed by atoms with van der Waals surface area (Å²) < 4.78 is 70.4. The van der Waals surface area contributed by atoms with Crippen LogP contribution in [-0.4, -0.2) is 43.8 Å². The Balaban J connectivity index is 1.86. The molecular formula is C36H36Cl2F3N3O4S. The molecule has 0 saturated heterocycles. The SMILES string of the molecule is CCC(C)NC(=O)C(Cc1ccccc1)N(Cc1ccc(Cl)c(Cl)c1)C(=O)CN(c1cccc(C(F)(F)F)c1)S(=O)(=O)c1ccc(C)cc1. The van der Waals surface area contributed by atoms with Gasteiger partial charge in [0.05, 0.1) is 26.2 Å². The Morgan fingerprint density at radius 1 is 0.857 bits per heavy atom. The summed E-state index contributed by atoms with van der Waals surface area (Å²) in [5.41, 5.74) is 0.500. The number of hydrogen-bond donors (Lipinski definition) is 1. The smallest absolute Gasteiger partial charge is 0.352 e. The molecule has 0 aliphatic carbocycles. The highest BCUT2D eigenvalue weighted by molar-refractivity contribution is 7.92. The van der Waals surface area contributed by atoms with Crippen LogP contribution in [0.5, 0.6) is 0 Å². The van der Waals surface area contributed by atoms with E-state index in [1.165, 1.54) is 35.2 Å². The van der Waals surface area contributed by atoms with E-state index in [9.17, 15) is 31.2 Å². The van der Waals surface area contributed by atoms with Crippen molar-refractivity contribution in [1.29, 1.82) is 0 Å². The second-order valence-electron chi connectivity index (χ2n) is 11.7. The number of amides is 2. The molecule has 4 rings (SSSR count). The van der Waals surface area contributed by atoms with Gasteiger partial charge in [0, 0.05) is 19.0 Å². The van der Waals surface area contributed by atoms with Gasteiger partial charge in [-0.25, -0.2) is 8.42 Å². The molecule has 2 unspecified atom stereocenters. The monoisotopic (exact) mass is 733 g/mol. The number of benzene rings is 4. The standard InChI is InChI=1S/C36H36Cl2F3N3O4S/c1-4-25(3)42-35(46)33(20-26-9-6-5-7-10-26)43(22-27-15-18-31(37)32(38)19-27)34(45)23-44(29-12-8-11-28(21-29)36(39,40)41)49(47,48)30-16-13-24(2)14-17-30/h5-19,21,25,33H,4,20,22-23H2,1-3H3,(H,42,46). The van der Waals surface area contributed by atoms with Gasteiger partial charge in [-0.15, -0.1) is 0 Å². The van der Waals surface area contributed by atoms with Gasteiger partial charge < -0.3 is 10.2 Å². The highest BCUT2D eigenvalue weighted by atomic mass is 35.5. The summed E-state index contributed by atoms with van der Waals surface area (Å²) in [6.45, 7) is 4.34. The number of rotatable bonds is 13. The van der Waals surface area contributed by atoms with E-state index >= 15 is 0 Å². The number of sulfonamides is 1. The molecule has 4 aromatic rings. The first kappa shape index (κ1) is 37.8. The largest absolute Gasteiger partial charge is 0.416 e. The maximum absolute atomic E-state index is 14.5. The molecule has 0 aliphatic heterocycles. The minimum atomic E-state index is -4.78. The van der Waals surface area contributed by atoms with Crippen LogP contribution in [0.3, 0.4) is 0 Å². The zero-order chi connectivity index (χ0) is 35.9. The van der Waals surface area contributed by atoms with Gasteiger partial charge in [0.15, 0.2) is 0 Å². The second-order valence-corrected chi connectivity index (χ2v) is 14.3. The number of halogens is 5. The lowest BCUT2D eigenvalue weighted by Crippen LogP contribution is -2.54. The van der Waals surface area contributed by atoms with Gasteiger partial charge >= 0.3 is 6.18 Å². The molecule has 0 spiro atoms. The molecule has 260 valence electrons. The van der Waals surface area contributed by atoms with Gasteiger partial charge in [-0.05, 0) is 73.9 Å². The summed E-state index contributed by atoms with van der Waals surface area (Å²) in [6, 6.07) is 21.7. The molecular weight excluding hydrogens is 698 g/mol. The van der Waals surface area contributed by atoms with Crippen LogP contribution in [0.4, 0.5) is 18.9 Å². The average Bonchev–Trinajstić information content (AvgIpc) is 3.06. The first-order valence-corrected chi connectivity index (χ1v) is 17.6. The third kappa shape index (κ3) is 9.77. The number of hydrogen-bond acceptors (Lipinski definition) is 4. The summed E-state index contributed by atoms with van der Waals surface area (Å²) in [6.07, 6.45) is -4.12. The summed E-state index contributed by atoms with van der Waals surface area (Å²) >= 11 is 12.4. The van der Waals surface area contributed by atoms with Gasteiger partial charge in [-0.3, -0.25) is 13.9 Å². The van der Waals surface area contributed by atoms with Crippen LogP contribution in [0.15, 0.2) is 102 Å². The van der Waals surface area contributed by atoms with E-state index in [0.717, 1.165) is 23.3 Å². The zero-order valence-corrected chi connectivity index (χ0v) is 29.4. The van der Waals surface area contributed by atoms with Crippen molar-refractivity contribution in [2.24, 2.45) is 0 Å². The number of nitrogens with one attached hydrogen (secondary N) is 1. The van der Waals surface area contributed by atoms with Gasteiger partial charge in [-0.1, -0.05) is 90.3 Å². The minimum absolute atomic E-state index is 0.0600. The van der Waals surface area contributed by atoms with E-state index in [1.807, 2.05) is 13.8 Å². The average molecular weight is 735 g/mol. The molecule has 0 radical (unpaired) electrons. The maximum Gasteiger partial charge on any atom is 0.416 e. The lowest BCUT2D eigenvalue weighted by molar-refractivity contribution is -0.140. The molecule has 2 amide bonds. The molecule has 0 bridgehead atoms. The summed E-state index contributed by atoms with van der Waals surface area (Å²) in [5.74, 6) is -1.32. The number of alkyl halides is 3. The Labute approximate surface area is 294 Å². The molecule has 4 aromatic carbocycles. The number of carbonyl (C=O) groups is 2. The normalized spacial score (nSPS) is 13.0. The lowest BCUT2D eigenvalue weighted by atomic mass is 10.0. The Bertz CT molecular complexity index is 1870. The van der Waals surface area contributed by atoms with E-state index in [1.54, 1.807) is 55.5 Å². The zero-order valence-electron chi connectivity index (χ0n) is 27.0. The van der Waals surface area contributed by atoms with E-state index < -0.39 is 46.2 Å². The quantitative estimate of drug-likeness (QED) is 0.151. The predicted molar refractivity (Wildman–Crippen MR) is 186 cm³/mol. The van der Waals surface area contributed by atoms with Crippen LogP contribution in [0.2, 0.25) is 10.0 Å². The van der Waals surface area contributed by atoms with Crippen LogP contribution >= 0.6 is 23.2 Å². The fourth-order valence-corrected chi connectivity index (χ4v) is 6.76. The summed E-state index contributed by atoms with van der Waals surface area (Å²) in [4.78, 5) is 29.5. The first-order chi connectivity index (χ1) is 23.1. The van der Waals surface area contributed by atoms with Gasteiger partial charge in [0.2, 0.25) is 11.8 Å². The van der Waals surface area contributed by atoms with Crippen LogP contribution in [-0.2, 0) is 38.8 Å². The van der Waals surface area contributed by atoms with Gasteiger partial charge in [-0.2, -0.15) is 13.2 Å². The topological polar surface area (TPSA) is 86.8 Å². The fourth-order valence-electron chi connectivity index (χ4n) is 5.03. The maximum atomic E-state index is 14.5. The predicted octanol–water partition coefficient (Wildman–Crippen LogP) is 8.07. The number of aryl methyl sites for hydroxylation is 1. The number of nitrogens with zero attached hydrogens (tertiary/aromatic N) is 2. The Morgan fingerprint density at radius 3 is 2.14 bits per heavy atom. The Kier molecular flexibility index (Phi) is 12.4. The Hall–Kier alpha value is -4.06. The minimum Gasteiger partial charge on any atom is -0.352 e. The number of anilines is 1. The van der Waals surface area contributed by atoms with Crippen molar-refractivity contribution in [3.8, 4) is 0 Å². The van der Waals surface area contributed by atoms with E-state index in [0.29, 0.717) is 22.4 Å². The van der Waals surface area contributed by atoms with Crippen molar-refractivity contribution in [2.75, 3.05) is 10.8 Å². The molecule has 1 N–H and O–H groups in total. The fraction of sp³-hybridized carbons (Fsp3) is 0.278. The van der Waals surface area contributed by atoms with E-state index in [4.69, 9.17) is 23.2 Å². The number of carbonyl (C=O) groups excluding carboxylic acids is 2. The molecule has 2 atom stereocenters. The summed E-state index contributed by atoms with van der Waals surface area (Å²) in [5, 5.41) is 3.38. The van der Waals surface area contributed by atoms with Crippen molar-refractivity contribution >= 4 is 50.7 Å². The molecule has 0 heterocycles. The molecule has 7 nitrogen and oxygen atoms in total. The molecule has 13 heteroatoms. The van der Waals surface area contributed by atoms with Crippen LogP contribution in [0, 0.1) is 6.92 Å². The molecule has 49 heavy (non-hydrogen) atoms. The molecule has 0 fully saturated rings. The van der Waals surface area contributed by atoms with Crippen molar-refractivity contribution < 1.29 is 31.2 Å².